The summed E-state index contributed by atoms with van der Waals surface area (Å²) in [5.41, 5.74) is 3.44. The number of ketones is 1. The minimum Gasteiger partial charge on any atom is -0.489 e. The molecule has 0 radical (unpaired) electrons. The van der Waals surface area contributed by atoms with E-state index in [1.54, 1.807) is 0 Å². The maximum Gasteiger partial charge on any atom is 0.229 e. The van der Waals surface area contributed by atoms with Gasteiger partial charge < -0.3 is 19.9 Å². The highest BCUT2D eigenvalue weighted by Gasteiger charge is 2.21. The van der Waals surface area contributed by atoms with Crippen molar-refractivity contribution < 1.29 is 14.1 Å². The Morgan fingerprint density at radius 1 is 1.03 bits per heavy atom. The fourth-order valence-electron chi connectivity index (χ4n) is 3.72. The second-order valence-corrected chi connectivity index (χ2v) is 12.8. The smallest absolute Gasteiger partial charge is 0.229 e. The number of anilines is 4. The van der Waals surface area contributed by atoms with Crippen molar-refractivity contribution in [3.05, 3.63) is 58.7 Å². The van der Waals surface area contributed by atoms with Crippen molar-refractivity contribution in [2.24, 2.45) is 5.92 Å². The number of halogens is 1. The summed E-state index contributed by atoms with van der Waals surface area (Å²) in [6.45, 7) is 16.4. The molecule has 0 aliphatic heterocycles. The molecule has 0 bridgehead atoms. The average Bonchev–Trinajstić information content (AvgIpc) is 2.90. The molecule has 0 amide bonds. The van der Waals surface area contributed by atoms with Crippen LogP contribution in [-0.2, 0) is 6.42 Å². The van der Waals surface area contributed by atoms with Crippen LogP contribution in [0.15, 0.2) is 42.6 Å². The third-order valence-corrected chi connectivity index (χ3v) is 8.59. The van der Waals surface area contributed by atoms with E-state index in [2.05, 4.69) is 41.1 Å². The Morgan fingerprint density at radius 2 is 1.74 bits per heavy atom. The van der Waals surface area contributed by atoms with Crippen LogP contribution in [0.4, 0.5) is 23.1 Å². The molecular weight excluding hydrogens is 531 g/mol. The molecule has 2 atom stereocenters. The monoisotopic (exact) mass is 570 g/mol. The van der Waals surface area contributed by atoms with Gasteiger partial charge in [0.15, 0.2) is 11.6 Å². The van der Waals surface area contributed by atoms with Crippen LogP contribution >= 0.6 is 19.7 Å². The summed E-state index contributed by atoms with van der Waals surface area (Å²) in [4.78, 5) is 22.3. The molecule has 0 aliphatic carbocycles. The van der Waals surface area contributed by atoms with Crippen molar-refractivity contribution >= 4 is 48.7 Å². The zero-order valence-corrected chi connectivity index (χ0v) is 25.8. The van der Waals surface area contributed by atoms with Gasteiger partial charge in [0, 0.05) is 17.1 Å². The number of hydrogen-bond acceptors (Lipinski definition) is 7. The Labute approximate surface area is 238 Å². The standard InChI is InChI=1S/C30H40ClN4O3P/c1-9-20(7)28(36)22-16-25(27(37-18(3)4)15-21(22)10-2)34-30-32-17-23(31)29(35-30)33-24-13-11-12-14-26(24)38-39(8)19(5)6/h11-20H,9-10H2,1-8H3,(H2,32,33,34,35). The maximum absolute atomic E-state index is 13.2. The number of aromatic nitrogens is 2. The van der Waals surface area contributed by atoms with Crippen LogP contribution in [0.2, 0.25) is 5.02 Å². The maximum atomic E-state index is 13.2. The van der Waals surface area contributed by atoms with E-state index >= 15 is 0 Å². The molecule has 0 saturated carbocycles. The number of carbonyl (C=O) groups is 1. The zero-order valence-electron chi connectivity index (χ0n) is 24.1. The molecule has 7 nitrogen and oxygen atoms in total. The van der Waals surface area contributed by atoms with Gasteiger partial charge in [0.1, 0.15) is 16.5 Å². The SMILES string of the molecule is CCc1cc(OC(C)C)c(Nc2ncc(Cl)c(Nc3ccccc3OP(C)C(C)C)n2)cc1C(=O)C(C)CC. The van der Waals surface area contributed by atoms with Crippen molar-refractivity contribution in [1.29, 1.82) is 0 Å². The van der Waals surface area contributed by atoms with Crippen molar-refractivity contribution in [3.63, 3.8) is 0 Å². The summed E-state index contributed by atoms with van der Waals surface area (Å²) < 4.78 is 12.4. The van der Waals surface area contributed by atoms with Gasteiger partial charge in [0.25, 0.3) is 0 Å². The van der Waals surface area contributed by atoms with E-state index in [-0.39, 0.29) is 17.8 Å². The molecule has 1 aromatic heterocycles. The van der Waals surface area contributed by atoms with Crippen LogP contribution in [0.25, 0.3) is 0 Å². The summed E-state index contributed by atoms with van der Waals surface area (Å²) >= 11 is 6.49. The molecule has 210 valence electrons. The van der Waals surface area contributed by atoms with Gasteiger partial charge in [0.05, 0.1) is 31.8 Å². The Kier molecular flexibility index (Phi) is 11.0. The highest BCUT2D eigenvalue weighted by atomic mass is 35.5. The summed E-state index contributed by atoms with van der Waals surface area (Å²) in [6.07, 6.45) is 2.97. The molecule has 0 saturated heterocycles. The third-order valence-electron chi connectivity index (χ3n) is 6.37. The average molecular weight is 571 g/mol. The first kappa shape index (κ1) is 30.6. The van der Waals surface area contributed by atoms with Gasteiger partial charge >= 0.3 is 0 Å². The first-order valence-corrected chi connectivity index (χ1v) is 15.6. The summed E-state index contributed by atoms with van der Waals surface area (Å²) in [7, 11) is -0.644. The number of benzene rings is 2. The minimum absolute atomic E-state index is 0.0545. The molecule has 2 N–H and O–H groups in total. The first-order chi connectivity index (χ1) is 18.5. The second kappa shape index (κ2) is 14.0. The van der Waals surface area contributed by atoms with Crippen LogP contribution < -0.4 is 19.9 Å². The number of Topliss-reactive ketones (excluding diaryl/α,β-unsaturated/α-hetero) is 1. The number of nitrogens with zero attached hydrogens (tertiary/aromatic N) is 2. The lowest BCUT2D eigenvalue weighted by molar-refractivity contribution is 0.0926. The number of aryl methyl sites for hydroxylation is 1. The molecule has 2 unspecified atom stereocenters. The van der Waals surface area contributed by atoms with Gasteiger partial charge in [-0.15, -0.1) is 0 Å². The van der Waals surface area contributed by atoms with E-state index in [1.165, 1.54) is 6.20 Å². The van der Waals surface area contributed by atoms with Crippen molar-refractivity contribution in [1.82, 2.24) is 9.97 Å². The minimum atomic E-state index is -0.644. The molecule has 2 aromatic carbocycles. The lowest BCUT2D eigenvalue weighted by Crippen LogP contribution is -2.15. The molecule has 39 heavy (non-hydrogen) atoms. The fraction of sp³-hybridized carbons (Fsp3) is 0.433. The van der Waals surface area contributed by atoms with E-state index in [0.29, 0.717) is 39.4 Å². The lowest BCUT2D eigenvalue weighted by Gasteiger charge is -2.21. The molecule has 1 heterocycles. The number of para-hydroxylation sites is 2. The van der Waals surface area contributed by atoms with Gasteiger partial charge in [-0.2, -0.15) is 4.98 Å². The Balaban J connectivity index is 1.98. The predicted octanol–water partition coefficient (Wildman–Crippen LogP) is 9.01. The molecule has 0 aliphatic rings. The number of rotatable bonds is 13. The number of hydrogen-bond donors (Lipinski definition) is 2. The highest BCUT2D eigenvalue weighted by molar-refractivity contribution is 7.52. The molecular formula is C30H40ClN4O3P. The van der Waals surface area contributed by atoms with Crippen molar-refractivity contribution in [2.45, 2.75) is 73.1 Å². The Morgan fingerprint density at radius 3 is 2.38 bits per heavy atom. The highest BCUT2D eigenvalue weighted by Crippen LogP contribution is 2.42. The van der Waals surface area contributed by atoms with Gasteiger partial charge in [-0.25, -0.2) is 4.98 Å². The quantitative estimate of drug-likeness (QED) is 0.157. The number of carbonyl (C=O) groups excluding carboxylic acids is 1. The van der Waals surface area contributed by atoms with E-state index in [1.807, 2.05) is 71.0 Å². The first-order valence-electron chi connectivity index (χ1n) is 13.5. The summed E-state index contributed by atoms with van der Waals surface area (Å²) in [6, 6.07) is 11.5. The van der Waals surface area contributed by atoms with Crippen LogP contribution in [0.3, 0.4) is 0 Å². The fourth-order valence-corrected chi connectivity index (χ4v) is 4.54. The second-order valence-electron chi connectivity index (χ2n) is 10.1. The third kappa shape index (κ3) is 8.06. The molecule has 0 spiro atoms. The van der Waals surface area contributed by atoms with Crippen LogP contribution in [-0.4, -0.2) is 34.2 Å². The van der Waals surface area contributed by atoms with E-state index in [4.69, 9.17) is 20.9 Å². The van der Waals surface area contributed by atoms with Crippen LogP contribution in [0.5, 0.6) is 11.5 Å². The summed E-state index contributed by atoms with van der Waals surface area (Å²) in [5, 5.41) is 6.94. The topological polar surface area (TPSA) is 85.4 Å². The Hall–Kier alpha value is -2.89. The number of ether oxygens (including phenoxy) is 1. The van der Waals surface area contributed by atoms with Crippen molar-refractivity contribution in [3.8, 4) is 11.5 Å². The molecule has 3 aromatic rings. The lowest BCUT2D eigenvalue weighted by atomic mass is 9.92. The van der Waals surface area contributed by atoms with Crippen molar-refractivity contribution in [2.75, 3.05) is 17.3 Å². The normalized spacial score (nSPS) is 12.8. The van der Waals surface area contributed by atoms with Gasteiger partial charge in [-0.3, -0.25) is 4.79 Å². The van der Waals surface area contributed by atoms with Gasteiger partial charge in [-0.1, -0.05) is 58.4 Å². The van der Waals surface area contributed by atoms with Crippen LogP contribution in [0.1, 0.15) is 70.8 Å². The largest absolute Gasteiger partial charge is 0.489 e. The Bertz CT molecular complexity index is 1290. The number of nitrogens with one attached hydrogen (secondary N) is 2. The molecule has 9 heteroatoms. The zero-order chi connectivity index (χ0) is 28.7. The van der Waals surface area contributed by atoms with E-state index in [9.17, 15) is 4.79 Å². The molecule has 3 rings (SSSR count). The van der Waals surface area contributed by atoms with Gasteiger partial charge in [0.2, 0.25) is 5.95 Å². The van der Waals surface area contributed by atoms with E-state index < -0.39 is 8.15 Å². The van der Waals surface area contributed by atoms with Crippen LogP contribution in [0, 0.1) is 5.92 Å². The summed E-state index contributed by atoms with van der Waals surface area (Å²) in [5.74, 6) is 2.16. The van der Waals surface area contributed by atoms with Gasteiger partial charge in [-0.05, 0) is 63.2 Å². The predicted molar refractivity (Wildman–Crippen MR) is 164 cm³/mol. The van der Waals surface area contributed by atoms with E-state index in [0.717, 1.165) is 29.8 Å². The molecule has 0 fully saturated rings.